The molecule has 2 heteroatoms. The van der Waals surface area contributed by atoms with Crippen LogP contribution >= 0.6 is 0 Å². The number of nitrogens with zero attached hydrogens (tertiary/aromatic N) is 2. The average Bonchev–Trinajstić information content (AvgIpc) is 3.34. The summed E-state index contributed by atoms with van der Waals surface area (Å²) >= 11 is 0. The van der Waals surface area contributed by atoms with E-state index in [1.165, 1.54) is 4.57 Å². The Morgan fingerprint density at radius 3 is 2.12 bits per heavy atom. The minimum absolute atomic E-state index is 0.00798. The first-order valence-corrected chi connectivity index (χ1v) is 10.7. The van der Waals surface area contributed by atoms with Gasteiger partial charge in [-0.25, -0.2) is 4.57 Å². The van der Waals surface area contributed by atoms with E-state index >= 15 is 0 Å². The zero-order chi connectivity index (χ0) is 31.4. The molecule has 2 heterocycles. The number of hydrogen-bond acceptors (Lipinski definition) is 0. The second kappa shape index (κ2) is 7.31. The molecule has 0 aliphatic carbocycles. The van der Waals surface area contributed by atoms with Crippen LogP contribution in [0.4, 0.5) is 0 Å². The molecule has 0 amide bonds. The third kappa shape index (κ3) is 2.98. The summed E-state index contributed by atoms with van der Waals surface area (Å²) in [6.45, 7) is 6.04. The fourth-order valence-corrected chi connectivity index (χ4v) is 4.65. The van der Waals surface area contributed by atoms with Crippen LogP contribution in [-0.4, -0.2) is 4.57 Å². The fourth-order valence-electron chi connectivity index (χ4n) is 4.65. The molecule has 0 aliphatic heterocycles. The average molecular weight is 438 g/mol. The molecule has 0 unspecified atom stereocenters. The smallest absolute Gasteiger partial charge is 0.220 e. The van der Waals surface area contributed by atoms with Crippen molar-refractivity contribution in [1.29, 1.82) is 0 Å². The highest BCUT2D eigenvalue weighted by atomic mass is 15.0. The Hall–Kier alpha value is -3.91. The van der Waals surface area contributed by atoms with Crippen LogP contribution in [-0.2, 0) is 7.05 Å². The molecule has 6 rings (SSSR count). The van der Waals surface area contributed by atoms with Crippen molar-refractivity contribution in [1.82, 2.24) is 4.57 Å². The van der Waals surface area contributed by atoms with Crippen LogP contribution in [0.15, 0.2) is 90.9 Å². The highest BCUT2D eigenvalue weighted by molar-refractivity contribution is 6.09. The first kappa shape index (κ1) is 11.8. The molecule has 2 nitrogen and oxygen atoms in total. The van der Waals surface area contributed by atoms with E-state index in [1.54, 1.807) is 29.8 Å². The molecule has 0 radical (unpaired) electrons. The predicted octanol–water partition coefficient (Wildman–Crippen LogP) is 7.35. The van der Waals surface area contributed by atoms with Crippen molar-refractivity contribution < 1.29 is 18.3 Å². The molecule has 160 valence electrons. The molecule has 4 aromatic carbocycles. The van der Waals surface area contributed by atoms with Crippen molar-refractivity contribution in [3.8, 4) is 16.9 Å². The zero-order valence-corrected chi connectivity index (χ0v) is 18.8. The summed E-state index contributed by atoms with van der Waals surface area (Å²) in [6.07, 6.45) is -0.0238. The standard InChI is InChI=1S/C31H27N2/c1-20-17-21(2)22(3)28(18-20)31-25-14-13-24(19-23(25)15-16-32(31)4)33-29-11-7-5-9-26(29)27-10-6-8-12-30(27)33/h5-19H,1-4H3/q+1/i5D,6D,7D,8D,9D,10D,11D,12D,15D,16D. The van der Waals surface area contributed by atoms with Gasteiger partial charge in [-0.3, -0.25) is 0 Å². The Kier molecular flexibility index (Phi) is 2.62. The SMILES string of the molecule is [2H]c1c([2H])c([2H])c2c(c1[2H])c1c([2H])c([2H])c([2H])c([2H])c1n2-c1ccc2c(-c3cc(C)cc(C)c3C)[n+](C)c([2H])c([2H])c2c1. The summed E-state index contributed by atoms with van der Waals surface area (Å²) in [5, 5.41) is 1.11. The van der Waals surface area contributed by atoms with Gasteiger partial charge in [0.25, 0.3) is 0 Å². The minimum Gasteiger partial charge on any atom is -0.309 e. The summed E-state index contributed by atoms with van der Waals surface area (Å²) < 4.78 is 88.9. The lowest BCUT2D eigenvalue weighted by Crippen LogP contribution is -2.30. The quantitative estimate of drug-likeness (QED) is 0.250. The lowest BCUT2D eigenvalue weighted by Gasteiger charge is -2.13. The molecule has 0 saturated heterocycles. The third-order valence-corrected chi connectivity index (χ3v) is 6.31. The molecule has 2 aromatic heterocycles. The number of pyridine rings is 1. The van der Waals surface area contributed by atoms with E-state index in [4.69, 9.17) is 13.7 Å². The third-order valence-electron chi connectivity index (χ3n) is 6.31. The van der Waals surface area contributed by atoms with Gasteiger partial charge in [-0.1, -0.05) is 47.9 Å². The van der Waals surface area contributed by atoms with Crippen LogP contribution in [0, 0.1) is 20.8 Å². The number of benzene rings is 4. The molecule has 33 heavy (non-hydrogen) atoms. The van der Waals surface area contributed by atoms with E-state index in [2.05, 4.69) is 6.07 Å². The number of aromatic nitrogens is 2. The maximum Gasteiger partial charge on any atom is 0.220 e. The van der Waals surface area contributed by atoms with Gasteiger partial charge in [-0.2, -0.15) is 0 Å². The van der Waals surface area contributed by atoms with Crippen LogP contribution in [0.5, 0.6) is 0 Å². The van der Waals surface area contributed by atoms with Crippen LogP contribution < -0.4 is 4.57 Å². The van der Waals surface area contributed by atoms with Crippen LogP contribution in [0.1, 0.15) is 30.4 Å². The van der Waals surface area contributed by atoms with E-state index in [9.17, 15) is 0 Å². The largest absolute Gasteiger partial charge is 0.309 e. The van der Waals surface area contributed by atoms with E-state index in [-0.39, 0.29) is 46.1 Å². The van der Waals surface area contributed by atoms with Gasteiger partial charge in [0, 0.05) is 22.5 Å². The van der Waals surface area contributed by atoms with Crippen LogP contribution in [0.25, 0.3) is 49.5 Å². The lowest BCUT2D eigenvalue weighted by molar-refractivity contribution is -0.659. The minimum atomic E-state index is -0.504. The monoisotopic (exact) mass is 437 g/mol. The van der Waals surface area contributed by atoms with Gasteiger partial charge < -0.3 is 4.57 Å². The number of hydrogen-bond donors (Lipinski definition) is 0. The van der Waals surface area contributed by atoms with Gasteiger partial charge in [0.2, 0.25) is 5.69 Å². The molecule has 0 bridgehead atoms. The second-order valence-electron chi connectivity index (χ2n) is 8.41. The Morgan fingerprint density at radius 2 is 1.42 bits per heavy atom. The normalized spacial score (nSPS) is 15.9. The summed E-state index contributed by atoms with van der Waals surface area (Å²) in [5.41, 5.74) is 5.22. The van der Waals surface area contributed by atoms with Crippen molar-refractivity contribution in [2.75, 3.05) is 0 Å². The number of rotatable bonds is 2. The van der Waals surface area contributed by atoms with Gasteiger partial charge in [-0.05, 0) is 73.6 Å². The lowest BCUT2D eigenvalue weighted by atomic mass is 9.94. The van der Waals surface area contributed by atoms with Crippen LogP contribution in [0.2, 0.25) is 0 Å². The zero-order valence-electron chi connectivity index (χ0n) is 28.8. The molecule has 0 fully saturated rings. The van der Waals surface area contributed by atoms with Crippen molar-refractivity contribution in [2.24, 2.45) is 7.05 Å². The number of aryl methyl sites for hydroxylation is 2. The fraction of sp³-hybridized carbons (Fsp3) is 0.129. The maximum absolute atomic E-state index is 8.89. The van der Waals surface area contributed by atoms with E-state index < -0.39 is 36.3 Å². The van der Waals surface area contributed by atoms with Crippen molar-refractivity contribution in [3.05, 3.63) is 108 Å². The molecular formula is C31H27N2+. The molecule has 0 N–H and O–H groups in total. The van der Waals surface area contributed by atoms with Crippen LogP contribution in [0.3, 0.4) is 0 Å². The van der Waals surface area contributed by atoms with E-state index in [0.717, 1.165) is 27.9 Å². The Bertz CT molecular complexity index is 2160. The summed E-state index contributed by atoms with van der Waals surface area (Å²) in [6, 6.07) is 5.68. The van der Waals surface area contributed by atoms with Crippen molar-refractivity contribution in [3.63, 3.8) is 0 Å². The van der Waals surface area contributed by atoms with Gasteiger partial charge in [0.1, 0.15) is 8.42 Å². The summed E-state index contributed by atoms with van der Waals surface area (Å²) in [4.78, 5) is 0. The summed E-state index contributed by atoms with van der Waals surface area (Å²) in [5.74, 6) is 0. The van der Waals surface area contributed by atoms with Gasteiger partial charge in [0.15, 0.2) is 6.17 Å². The Balaban J connectivity index is 1.82. The molecule has 0 aliphatic rings. The molecule has 0 spiro atoms. The first-order chi connectivity index (χ1) is 20.2. The predicted molar refractivity (Wildman–Crippen MR) is 139 cm³/mol. The molecular weight excluding hydrogens is 400 g/mol. The van der Waals surface area contributed by atoms with Crippen molar-refractivity contribution >= 4 is 32.6 Å². The highest BCUT2D eigenvalue weighted by Crippen LogP contribution is 2.35. The highest BCUT2D eigenvalue weighted by Gasteiger charge is 2.19. The maximum atomic E-state index is 8.89. The summed E-state index contributed by atoms with van der Waals surface area (Å²) in [7, 11) is 1.75. The Morgan fingerprint density at radius 1 is 0.758 bits per heavy atom. The Labute approximate surface area is 208 Å². The number of para-hydroxylation sites is 2. The first-order valence-electron chi connectivity index (χ1n) is 15.7. The topological polar surface area (TPSA) is 8.81 Å². The second-order valence-corrected chi connectivity index (χ2v) is 8.41. The van der Waals surface area contributed by atoms with E-state index in [0.29, 0.717) is 16.5 Å². The van der Waals surface area contributed by atoms with Gasteiger partial charge in [0.05, 0.1) is 34.3 Å². The molecule has 0 atom stereocenters. The molecule has 0 saturated carbocycles. The van der Waals surface area contributed by atoms with Gasteiger partial charge >= 0.3 is 0 Å². The number of fused-ring (bicyclic) bond motifs is 4. The van der Waals surface area contributed by atoms with Crippen molar-refractivity contribution in [2.45, 2.75) is 20.8 Å². The molecule has 6 aromatic rings. The van der Waals surface area contributed by atoms with E-state index in [1.807, 2.05) is 26.8 Å². The van der Waals surface area contributed by atoms with Gasteiger partial charge in [-0.15, -0.1) is 0 Å².